The number of nitrogens with zero attached hydrogens (tertiary/aromatic N) is 1. The first-order chi connectivity index (χ1) is 5.27. The molecular weight excluding hydrogens is 169 g/mol. The van der Waals surface area contributed by atoms with Gasteiger partial charge in [-0.1, -0.05) is 0 Å². The highest BCUT2D eigenvalue weighted by molar-refractivity contribution is 6.17. The fourth-order valence-corrected chi connectivity index (χ4v) is 0.927. The average Bonchev–Trinajstić information content (AvgIpc) is 2.04. The van der Waals surface area contributed by atoms with E-state index in [1.54, 1.807) is 0 Å². The number of alkyl halides is 1. The summed E-state index contributed by atoms with van der Waals surface area (Å²) in [7, 11) is 1.45. The molecule has 0 aliphatic rings. The van der Waals surface area contributed by atoms with Crippen molar-refractivity contribution in [1.29, 1.82) is 0 Å². The Hall–Kier alpha value is -0.830. The molecule has 0 saturated carbocycles. The highest BCUT2D eigenvalue weighted by Gasteiger charge is 2.03. The summed E-state index contributed by atoms with van der Waals surface area (Å²) in [5.74, 6) is 0.194. The van der Waals surface area contributed by atoms with Gasteiger partial charge in [-0.2, -0.15) is 0 Å². The Balaban J connectivity index is 3.06. The minimum atomic E-state index is -0.421. The van der Waals surface area contributed by atoms with E-state index in [2.05, 4.69) is 4.98 Å². The van der Waals surface area contributed by atoms with Crippen molar-refractivity contribution in [1.82, 2.24) is 4.98 Å². The normalized spacial score (nSPS) is 9.73. The molecule has 0 N–H and O–H groups in total. The number of halogens is 2. The lowest BCUT2D eigenvalue weighted by atomic mass is 10.3. The van der Waals surface area contributed by atoms with E-state index in [4.69, 9.17) is 16.3 Å². The van der Waals surface area contributed by atoms with Gasteiger partial charge in [0.25, 0.3) is 0 Å². The quantitative estimate of drug-likeness (QED) is 0.642. The van der Waals surface area contributed by atoms with E-state index >= 15 is 0 Å². The van der Waals surface area contributed by atoms with Crippen molar-refractivity contribution >= 4 is 11.6 Å². The average molecular weight is 176 g/mol. The van der Waals surface area contributed by atoms with Crippen LogP contribution < -0.4 is 4.74 Å². The minimum Gasteiger partial charge on any atom is -0.495 e. The van der Waals surface area contributed by atoms with Gasteiger partial charge in [0.2, 0.25) is 0 Å². The van der Waals surface area contributed by atoms with Gasteiger partial charge >= 0.3 is 0 Å². The molecule has 0 aliphatic heterocycles. The van der Waals surface area contributed by atoms with E-state index in [0.717, 1.165) is 6.20 Å². The molecule has 0 aliphatic carbocycles. The molecule has 2 nitrogen and oxygen atoms in total. The molecule has 0 saturated heterocycles. The third-order valence-corrected chi connectivity index (χ3v) is 1.50. The smallest absolute Gasteiger partial charge is 0.145 e. The zero-order valence-corrected chi connectivity index (χ0v) is 6.73. The van der Waals surface area contributed by atoms with Gasteiger partial charge in [-0.3, -0.25) is 4.98 Å². The Morgan fingerprint density at radius 3 is 3.00 bits per heavy atom. The van der Waals surface area contributed by atoms with Gasteiger partial charge in [0.05, 0.1) is 24.9 Å². The van der Waals surface area contributed by atoms with E-state index in [-0.39, 0.29) is 5.88 Å². The summed E-state index contributed by atoms with van der Waals surface area (Å²) in [5, 5.41) is 0. The number of pyridine rings is 1. The maximum Gasteiger partial charge on any atom is 0.145 e. The molecule has 1 aromatic rings. The van der Waals surface area contributed by atoms with Crippen LogP contribution in [0.25, 0.3) is 0 Å². The zero-order valence-electron chi connectivity index (χ0n) is 5.97. The van der Waals surface area contributed by atoms with E-state index < -0.39 is 5.82 Å². The maximum atomic E-state index is 12.5. The van der Waals surface area contributed by atoms with Gasteiger partial charge in [-0.15, -0.1) is 11.6 Å². The van der Waals surface area contributed by atoms with Gasteiger partial charge in [0.15, 0.2) is 0 Å². The van der Waals surface area contributed by atoms with Gasteiger partial charge < -0.3 is 4.74 Å². The van der Waals surface area contributed by atoms with Crippen molar-refractivity contribution in [3.05, 3.63) is 23.8 Å². The largest absolute Gasteiger partial charge is 0.495 e. The summed E-state index contributed by atoms with van der Waals surface area (Å²) in [6.07, 6.45) is 1.11. The molecule has 1 heterocycles. The van der Waals surface area contributed by atoms with Gasteiger partial charge in [0.1, 0.15) is 11.6 Å². The zero-order chi connectivity index (χ0) is 8.27. The molecule has 0 amide bonds. The van der Waals surface area contributed by atoms with Gasteiger partial charge in [-0.25, -0.2) is 4.39 Å². The Labute approximate surface area is 69.0 Å². The molecule has 1 rings (SSSR count). The second-order valence-corrected chi connectivity index (χ2v) is 2.20. The topological polar surface area (TPSA) is 22.1 Å². The van der Waals surface area contributed by atoms with Crippen molar-refractivity contribution in [2.45, 2.75) is 5.88 Å². The molecule has 11 heavy (non-hydrogen) atoms. The molecular formula is C7H7ClFNO. The molecule has 0 atom stereocenters. The third-order valence-electron chi connectivity index (χ3n) is 1.24. The monoisotopic (exact) mass is 175 g/mol. The van der Waals surface area contributed by atoms with Gasteiger partial charge in [0, 0.05) is 6.07 Å². The van der Waals surface area contributed by atoms with Crippen LogP contribution in [-0.4, -0.2) is 12.1 Å². The molecule has 0 aromatic carbocycles. The fourth-order valence-electron chi connectivity index (χ4n) is 0.726. The molecule has 0 fully saturated rings. The summed E-state index contributed by atoms with van der Waals surface area (Å²) in [6, 6.07) is 1.25. The molecule has 0 spiro atoms. The number of methoxy groups -OCH3 is 1. The van der Waals surface area contributed by atoms with Crippen LogP contribution in [0.15, 0.2) is 12.3 Å². The molecule has 0 bridgehead atoms. The SMILES string of the molecule is COc1cc(F)cnc1CCl. The number of hydrogen-bond acceptors (Lipinski definition) is 2. The summed E-state index contributed by atoms with van der Waals surface area (Å²) in [4.78, 5) is 3.74. The van der Waals surface area contributed by atoms with Crippen molar-refractivity contribution in [2.75, 3.05) is 7.11 Å². The van der Waals surface area contributed by atoms with E-state index in [9.17, 15) is 4.39 Å². The van der Waals surface area contributed by atoms with Crippen LogP contribution in [-0.2, 0) is 5.88 Å². The lowest BCUT2D eigenvalue weighted by Gasteiger charge is -2.03. The summed E-state index contributed by atoms with van der Waals surface area (Å²) in [5.41, 5.74) is 0.551. The van der Waals surface area contributed by atoms with Crippen LogP contribution in [0.1, 0.15) is 5.69 Å². The Morgan fingerprint density at radius 2 is 2.45 bits per heavy atom. The fraction of sp³-hybridized carbons (Fsp3) is 0.286. The summed E-state index contributed by atoms with van der Waals surface area (Å²) >= 11 is 5.50. The molecule has 0 unspecified atom stereocenters. The Bertz CT molecular complexity index is 254. The first-order valence-corrected chi connectivity index (χ1v) is 3.55. The van der Waals surface area contributed by atoms with Crippen LogP contribution in [0.4, 0.5) is 4.39 Å². The van der Waals surface area contributed by atoms with Crippen molar-refractivity contribution in [3.8, 4) is 5.75 Å². The number of aromatic nitrogens is 1. The summed E-state index contributed by atoms with van der Waals surface area (Å²) < 4.78 is 17.3. The highest BCUT2D eigenvalue weighted by Crippen LogP contribution is 2.17. The van der Waals surface area contributed by atoms with Crippen LogP contribution in [0.2, 0.25) is 0 Å². The van der Waals surface area contributed by atoms with E-state index in [0.29, 0.717) is 11.4 Å². The first-order valence-electron chi connectivity index (χ1n) is 3.02. The van der Waals surface area contributed by atoms with Crippen molar-refractivity contribution < 1.29 is 9.13 Å². The Morgan fingerprint density at radius 1 is 1.73 bits per heavy atom. The van der Waals surface area contributed by atoms with E-state index in [1.165, 1.54) is 13.2 Å². The van der Waals surface area contributed by atoms with E-state index in [1.807, 2.05) is 0 Å². The first kappa shape index (κ1) is 8.27. The predicted molar refractivity (Wildman–Crippen MR) is 40.3 cm³/mol. The lowest BCUT2D eigenvalue weighted by Crippen LogP contribution is -1.93. The highest BCUT2D eigenvalue weighted by atomic mass is 35.5. The third kappa shape index (κ3) is 1.80. The second kappa shape index (κ2) is 3.53. The second-order valence-electron chi connectivity index (χ2n) is 1.94. The minimum absolute atomic E-state index is 0.226. The molecule has 4 heteroatoms. The summed E-state index contributed by atoms with van der Waals surface area (Å²) in [6.45, 7) is 0. The molecule has 60 valence electrons. The van der Waals surface area contributed by atoms with Gasteiger partial charge in [-0.05, 0) is 0 Å². The molecule has 1 aromatic heterocycles. The number of rotatable bonds is 2. The number of ether oxygens (including phenoxy) is 1. The van der Waals surface area contributed by atoms with Crippen LogP contribution in [0, 0.1) is 5.82 Å². The molecule has 0 radical (unpaired) electrons. The lowest BCUT2D eigenvalue weighted by molar-refractivity contribution is 0.404. The Kier molecular flexibility index (Phi) is 2.65. The number of hydrogen-bond donors (Lipinski definition) is 0. The van der Waals surface area contributed by atoms with Crippen molar-refractivity contribution in [3.63, 3.8) is 0 Å². The van der Waals surface area contributed by atoms with Crippen LogP contribution >= 0.6 is 11.6 Å². The van der Waals surface area contributed by atoms with Crippen molar-refractivity contribution in [2.24, 2.45) is 0 Å². The van der Waals surface area contributed by atoms with Crippen LogP contribution in [0.3, 0.4) is 0 Å². The standard InChI is InChI=1S/C7H7ClFNO/c1-11-7-2-5(9)4-10-6(7)3-8/h2,4H,3H2,1H3. The predicted octanol–water partition coefficient (Wildman–Crippen LogP) is 1.97. The maximum absolute atomic E-state index is 12.5. The van der Waals surface area contributed by atoms with Crippen LogP contribution in [0.5, 0.6) is 5.75 Å².